The highest BCUT2D eigenvalue weighted by molar-refractivity contribution is 7.81. The van der Waals surface area contributed by atoms with Crippen LogP contribution in [0.2, 0.25) is 0 Å². The summed E-state index contributed by atoms with van der Waals surface area (Å²) < 4.78 is 39.5. The molecule has 2 aromatic rings. The van der Waals surface area contributed by atoms with E-state index >= 15 is 0 Å². The van der Waals surface area contributed by atoms with E-state index < -0.39 is 10.5 Å². The zero-order chi connectivity index (χ0) is 18.0. The quantitative estimate of drug-likeness (QED) is 0.843. The Labute approximate surface area is 145 Å². The molecular weight excluding hydrogens is 349 g/mol. The molecule has 1 saturated heterocycles. The van der Waals surface area contributed by atoms with Gasteiger partial charge in [0.25, 0.3) is 0 Å². The van der Waals surface area contributed by atoms with Gasteiger partial charge in [-0.2, -0.15) is 8.42 Å². The number of benzene rings is 1. The molecule has 0 spiro atoms. The first-order valence-electron chi connectivity index (χ1n) is 7.76. The molecule has 0 aliphatic carbocycles. The largest absolute Gasteiger partial charge is 0.488 e. The van der Waals surface area contributed by atoms with Gasteiger partial charge in [-0.3, -0.25) is 0 Å². The molecule has 1 unspecified atom stereocenters. The number of urea groups is 1. The second-order valence-electron chi connectivity index (χ2n) is 5.83. The molecule has 0 saturated carbocycles. The number of amides is 2. The van der Waals surface area contributed by atoms with Crippen LogP contribution in [0.15, 0.2) is 42.6 Å². The van der Waals surface area contributed by atoms with Crippen LogP contribution in [-0.2, 0) is 17.6 Å². The number of hydrogen-bond donors (Lipinski definition) is 1. The fourth-order valence-electron chi connectivity index (χ4n) is 3.04. The number of carbonyl (C=O) groups is 1. The first-order chi connectivity index (χ1) is 11.8. The Kier molecular flexibility index (Phi) is 4.67. The van der Waals surface area contributed by atoms with E-state index in [9.17, 15) is 17.1 Å². The van der Waals surface area contributed by atoms with E-state index in [4.69, 9.17) is 0 Å². The smallest absolute Gasteiger partial charge is 0.358 e. The molecule has 7 nitrogen and oxygen atoms in total. The monoisotopic (exact) mass is 367 g/mol. The van der Waals surface area contributed by atoms with Crippen LogP contribution in [0.1, 0.15) is 24.6 Å². The standard InChI is InChI=1S/C16H18FN3O4S/c1-19-10-2-4-14(19)15-5-3-11-20(15)16(21)18-12-6-8-13(9-7-12)24-25(17,22)23/h2,4,6-10,15H,3,5,11H2,1H3,(H,18,21). The summed E-state index contributed by atoms with van der Waals surface area (Å²) in [4.78, 5) is 14.3. The summed E-state index contributed by atoms with van der Waals surface area (Å²) in [5.41, 5.74) is 1.54. The lowest BCUT2D eigenvalue weighted by molar-refractivity contribution is 0.205. The third-order valence-electron chi connectivity index (χ3n) is 4.14. The minimum absolute atomic E-state index is 0.0132. The highest BCUT2D eigenvalue weighted by atomic mass is 32.3. The van der Waals surface area contributed by atoms with Crippen molar-refractivity contribution >= 4 is 22.2 Å². The third kappa shape index (κ3) is 4.11. The van der Waals surface area contributed by atoms with E-state index in [-0.39, 0.29) is 17.8 Å². The zero-order valence-electron chi connectivity index (χ0n) is 13.6. The Morgan fingerprint density at radius 2 is 2.00 bits per heavy atom. The average Bonchev–Trinajstić information content (AvgIpc) is 3.16. The number of anilines is 1. The molecule has 1 aromatic heterocycles. The molecule has 1 aromatic carbocycles. The fraction of sp³-hybridized carbons (Fsp3) is 0.312. The predicted octanol–water partition coefficient (Wildman–Crippen LogP) is 2.99. The Morgan fingerprint density at radius 3 is 2.60 bits per heavy atom. The van der Waals surface area contributed by atoms with E-state index in [1.54, 1.807) is 4.90 Å². The van der Waals surface area contributed by atoms with Gasteiger partial charge in [-0.05, 0) is 49.2 Å². The molecule has 1 atom stereocenters. The van der Waals surface area contributed by atoms with Gasteiger partial charge in [-0.1, -0.05) is 3.89 Å². The zero-order valence-corrected chi connectivity index (χ0v) is 14.4. The molecular formula is C16H18FN3O4S. The normalized spacial score (nSPS) is 17.5. The van der Waals surface area contributed by atoms with Crippen molar-refractivity contribution in [2.24, 2.45) is 7.05 Å². The average molecular weight is 367 g/mol. The van der Waals surface area contributed by atoms with Crippen molar-refractivity contribution in [3.8, 4) is 5.75 Å². The molecule has 25 heavy (non-hydrogen) atoms. The van der Waals surface area contributed by atoms with Crippen LogP contribution in [0.4, 0.5) is 14.4 Å². The molecule has 1 fully saturated rings. The lowest BCUT2D eigenvalue weighted by atomic mass is 10.1. The summed E-state index contributed by atoms with van der Waals surface area (Å²) >= 11 is 0. The lowest BCUT2D eigenvalue weighted by Gasteiger charge is -2.25. The highest BCUT2D eigenvalue weighted by Gasteiger charge is 2.31. The number of aromatic nitrogens is 1. The maximum atomic E-state index is 12.6. The van der Waals surface area contributed by atoms with Crippen molar-refractivity contribution in [3.63, 3.8) is 0 Å². The van der Waals surface area contributed by atoms with E-state index in [2.05, 4.69) is 9.50 Å². The van der Waals surface area contributed by atoms with Crippen molar-refractivity contribution in [2.45, 2.75) is 18.9 Å². The van der Waals surface area contributed by atoms with Gasteiger partial charge in [0.05, 0.1) is 6.04 Å². The summed E-state index contributed by atoms with van der Waals surface area (Å²) in [6.07, 6.45) is 3.76. The number of nitrogens with one attached hydrogen (secondary N) is 1. The van der Waals surface area contributed by atoms with Crippen LogP contribution in [0, 0.1) is 0 Å². The molecule has 2 heterocycles. The molecule has 1 N–H and O–H groups in total. The molecule has 0 bridgehead atoms. The van der Waals surface area contributed by atoms with Gasteiger partial charge in [0, 0.05) is 31.2 Å². The maximum Gasteiger partial charge on any atom is 0.488 e. The molecule has 9 heteroatoms. The van der Waals surface area contributed by atoms with Crippen molar-refractivity contribution in [3.05, 3.63) is 48.3 Å². The van der Waals surface area contributed by atoms with Gasteiger partial charge in [0.2, 0.25) is 0 Å². The van der Waals surface area contributed by atoms with E-state index in [1.165, 1.54) is 24.3 Å². The van der Waals surface area contributed by atoms with Gasteiger partial charge in [0.15, 0.2) is 0 Å². The molecule has 1 aliphatic heterocycles. The summed E-state index contributed by atoms with van der Waals surface area (Å²) in [5, 5.41) is 2.76. The van der Waals surface area contributed by atoms with E-state index in [1.807, 2.05) is 29.9 Å². The lowest BCUT2D eigenvalue weighted by Crippen LogP contribution is -2.35. The number of halogens is 1. The second-order valence-corrected chi connectivity index (χ2v) is 6.78. The molecule has 1 aliphatic rings. The minimum Gasteiger partial charge on any atom is -0.358 e. The van der Waals surface area contributed by atoms with Crippen LogP contribution >= 0.6 is 0 Å². The van der Waals surface area contributed by atoms with E-state index in [0.29, 0.717) is 12.2 Å². The van der Waals surface area contributed by atoms with Gasteiger partial charge >= 0.3 is 16.5 Å². The number of likely N-dealkylation sites (tertiary alicyclic amines) is 1. The summed E-state index contributed by atoms with van der Waals surface area (Å²) in [7, 11) is -3.11. The summed E-state index contributed by atoms with van der Waals surface area (Å²) in [6.45, 7) is 0.656. The Balaban J connectivity index is 1.68. The molecule has 0 radical (unpaired) electrons. The van der Waals surface area contributed by atoms with Gasteiger partial charge in [-0.25, -0.2) is 4.79 Å². The van der Waals surface area contributed by atoms with E-state index in [0.717, 1.165) is 18.5 Å². The molecule has 3 rings (SSSR count). The van der Waals surface area contributed by atoms with Crippen LogP contribution in [-0.4, -0.2) is 30.5 Å². The second kappa shape index (κ2) is 6.75. The Bertz CT molecular complexity index is 864. The SMILES string of the molecule is Cn1cccc1C1CCCN1C(=O)Nc1ccc(OS(=O)(=O)F)cc1. The summed E-state index contributed by atoms with van der Waals surface area (Å²) in [6, 6.07) is 9.16. The first-order valence-corrected chi connectivity index (χ1v) is 9.07. The van der Waals surface area contributed by atoms with Crippen LogP contribution in [0.25, 0.3) is 0 Å². The minimum atomic E-state index is -5.06. The number of aryl methyl sites for hydroxylation is 1. The fourth-order valence-corrected chi connectivity index (χ4v) is 3.38. The number of nitrogens with zero attached hydrogens (tertiary/aromatic N) is 2. The van der Waals surface area contributed by atoms with Gasteiger partial charge < -0.3 is 19.0 Å². The van der Waals surface area contributed by atoms with Crippen LogP contribution < -0.4 is 9.50 Å². The number of hydrogen-bond acceptors (Lipinski definition) is 4. The maximum absolute atomic E-state index is 12.6. The third-order valence-corrected chi connectivity index (χ3v) is 4.53. The summed E-state index contributed by atoms with van der Waals surface area (Å²) in [5.74, 6) is -0.164. The first kappa shape index (κ1) is 17.3. The molecule has 134 valence electrons. The Hall–Kier alpha value is -2.55. The highest BCUT2D eigenvalue weighted by Crippen LogP contribution is 2.32. The van der Waals surface area contributed by atoms with Crippen molar-refractivity contribution in [1.82, 2.24) is 9.47 Å². The van der Waals surface area contributed by atoms with Gasteiger partial charge in [0.1, 0.15) is 5.75 Å². The van der Waals surface area contributed by atoms with Crippen LogP contribution in [0.5, 0.6) is 5.75 Å². The number of carbonyl (C=O) groups excluding carboxylic acids is 1. The number of rotatable bonds is 4. The van der Waals surface area contributed by atoms with Crippen molar-refractivity contribution < 1.29 is 21.3 Å². The van der Waals surface area contributed by atoms with Crippen molar-refractivity contribution in [1.29, 1.82) is 0 Å². The molecule has 2 amide bonds. The Morgan fingerprint density at radius 1 is 1.28 bits per heavy atom. The van der Waals surface area contributed by atoms with Crippen LogP contribution in [0.3, 0.4) is 0 Å². The predicted molar refractivity (Wildman–Crippen MR) is 90.2 cm³/mol. The topological polar surface area (TPSA) is 80.6 Å². The van der Waals surface area contributed by atoms with Gasteiger partial charge in [-0.15, -0.1) is 0 Å². The van der Waals surface area contributed by atoms with Crippen molar-refractivity contribution in [2.75, 3.05) is 11.9 Å².